The lowest BCUT2D eigenvalue weighted by molar-refractivity contribution is -0.122. The Morgan fingerprint density at radius 2 is 1.62 bits per heavy atom. The van der Waals surface area contributed by atoms with Crippen LogP contribution in [-0.2, 0) is 4.79 Å². The topological polar surface area (TPSA) is 67.9 Å². The summed E-state index contributed by atoms with van der Waals surface area (Å²) in [5.74, 6) is 0.289. The summed E-state index contributed by atoms with van der Waals surface area (Å²) in [4.78, 5) is 31.3. The minimum absolute atomic E-state index is 0.0740. The van der Waals surface area contributed by atoms with Crippen LogP contribution in [0.2, 0.25) is 0 Å². The van der Waals surface area contributed by atoms with Gasteiger partial charge in [0.05, 0.1) is 5.69 Å². The molecule has 188 valence electrons. The van der Waals surface area contributed by atoms with Gasteiger partial charge in [-0.15, -0.1) is 0 Å². The average molecular weight is 474 g/mol. The van der Waals surface area contributed by atoms with Crippen molar-refractivity contribution in [2.75, 3.05) is 57.3 Å². The Kier molecular flexibility index (Phi) is 9.02. The number of urea groups is 1. The van der Waals surface area contributed by atoms with Gasteiger partial charge in [0.15, 0.2) is 0 Å². The molecule has 0 aromatic heterocycles. The van der Waals surface area contributed by atoms with Crippen LogP contribution >= 0.6 is 0 Å². The van der Waals surface area contributed by atoms with Crippen molar-refractivity contribution >= 4 is 17.6 Å². The van der Waals surface area contributed by atoms with Crippen molar-refractivity contribution in [1.29, 1.82) is 0 Å². The van der Waals surface area contributed by atoms with Gasteiger partial charge in [0, 0.05) is 64.8 Å². The largest absolute Gasteiger partial charge is 0.367 e. The summed E-state index contributed by atoms with van der Waals surface area (Å²) in [7, 11) is 0. The molecule has 0 spiro atoms. The Morgan fingerprint density at radius 1 is 0.912 bits per heavy atom. The first kappa shape index (κ1) is 24.8. The van der Waals surface area contributed by atoms with Crippen molar-refractivity contribution in [1.82, 2.24) is 20.4 Å². The first-order chi connectivity index (χ1) is 16.6. The van der Waals surface area contributed by atoms with E-state index in [-0.39, 0.29) is 17.8 Å². The van der Waals surface area contributed by atoms with E-state index in [1.165, 1.54) is 25.3 Å². The van der Waals surface area contributed by atoms with E-state index in [9.17, 15) is 14.0 Å². The Bertz CT molecular complexity index is 800. The smallest absolute Gasteiger partial charge is 0.317 e. The number of hydrogen-bond donors (Lipinski definition) is 2. The summed E-state index contributed by atoms with van der Waals surface area (Å²) >= 11 is 0. The van der Waals surface area contributed by atoms with E-state index in [1.807, 2.05) is 17.0 Å². The number of carbonyl (C=O) groups excluding carboxylic acids is 2. The fraction of sp³-hybridized carbons (Fsp3) is 0.692. The minimum atomic E-state index is -0.168. The van der Waals surface area contributed by atoms with Gasteiger partial charge in [0.2, 0.25) is 5.91 Å². The van der Waals surface area contributed by atoms with Gasteiger partial charge in [-0.3, -0.25) is 9.69 Å². The highest BCUT2D eigenvalue weighted by atomic mass is 19.1. The molecule has 8 heteroatoms. The summed E-state index contributed by atoms with van der Waals surface area (Å²) in [5.41, 5.74) is 0.674. The van der Waals surface area contributed by atoms with Gasteiger partial charge in [-0.05, 0) is 43.7 Å². The van der Waals surface area contributed by atoms with Crippen molar-refractivity contribution in [3.8, 4) is 0 Å². The standard InChI is InChI=1S/C26H40FN5O2/c27-23-8-4-5-9-24(23)31-18-16-30(17-19-31)15-12-28-25(33)20-21-10-13-32(14-11-21)26(34)29-22-6-2-1-3-7-22/h4-5,8-9,21-22H,1-3,6-7,10-20H2,(H,28,33)(H,29,34). The molecule has 1 aromatic rings. The third kappa shape index (κ3) is 7.08. The van der Waals surface area contributed by atoms with E-state index < -0.39 is 0 Å². The predicted molar refractivity (Wildman–Crippen MR) is 132 cm³/mol. The molecule has 0 radical (unpaired) electrons. The van der Waals surface area contributed by atoms with E-state index in [0.717, 1.165) is 71.5 Å². The molecule has 1 aliphatic carbocycles. The molecule has 2 N–H and O–H groups in total. The van der Waals surface area contributed by atoms with E-state index in [4.69, 9.17) is 0 Å². The molecular weight excluding hydrogens is 433 g/mol. The highest BCUT2D eigenvalue weighted by Gasteiger charge is 2.26. The molecule has 0 atom stereocenters. The summed E-state index contributed by atoms with van der Waals surface area (Å²) in [6.45, 7) is 6.25. The van der Waals surface area contributed by atoms with E-state index in [2.05, 4.69) is 20.4 Å². The van der Waals surface area contributed by atoms with Crippen LogP contribution in [0.4, 0.5) is 14.9 Å². The van der Waals surface area contributed by atoms with Crippen LogP contribution in [0.5, 0.6) is 0 Å². The van der Waals surface area contributed by atoms with Gasteiger partial charge in [-0.25, -0.2) is 9.18 Å². The molecule has 2 saturated heterocycles. The quantitative estimate of drug-likeness (QED) is 0.638. The van der Waals surface area contributed by atoms with Crippen LogP contribution in [0.25, 0.3) is 0 Å². The molecule has 0 unspecified atom stereocenters. The Balaban J connectivity index is 1.07. The molecule has 1 saturated carbocycles. The highest BCUT2D eigenvalue weighted by molar-refractivity contribution is 5.76. The number of rotatable bonds is 7. The maximum Gasteiger partial charge on any atom is 0.317 e. The zero-order valence-electron chi connectivity index (χ0n) is 20.3. The number of carbonyl (C=O) groups is 2. The normalized spacial score (nSPS) is 20.9. The Hall–Kier alpha value is -2.35. The van der Waals surface area contributed by atoms with Crippen molar-refractivity contribution in [2.45, 2.75) is 57.4 Å². The Labute approximate surface area is 203 Å². The number of likely N-dealkylation sites (tertiary alicyclic amines) is 1. The molecule has 4 rings (SSSR count). The highest BCUT2D eigenvalue weighted by Crippen LogP contribution is 2.22. The predicted octanol–water partition coefficient (Wildman–Crippen LogP) is 3.21. The lowest BCUT2D eigenvalue weighted by Crippen LogP contribution is -2.49. The van der Waals surface area contributed by atoms with E-state index in [0.29, 0.717) is 30.6 Å². The van der Waals surface area contributed by atoms with Gasteiger partial charge in [-0.2, -0.15) is 0 Å². The fourth-order valence-electron chi connectivity index (χ4n) is 5.46. The second kappa shape index (κ2) is 12.4. The van der Waals surface area contributed by atoms with E-state index in [1.54, 1.807) is 6.07 Å². The summed E-state index contributed by atoms with van der Waals surface area (Å²) in [5, 5.41) is 6.27. The number of benzene rings is 1. The van der Waals surface area contributed by atoms with Crippen molar-refractivity contribution in [2.24, 2.45) is 5.92 Å². The number of hydrogen-bond acceptors (Lipinski definition) is 4. The minimum Gasteiger partial charge on any atom is -0.367 e. The molecule has 2 aliphatic heterocycles. The third-order valence-corrected chi connectivity index (χ3v) is 7.62. The van der Waals surface area contributed by atoms with Gasteiger partial charge in [-0.1, -0.05) is 31.4 Å². The Morgan fingerprint density at radius 3 is 2.32 bits per heavy atom. The van der Waals surface area contributed by atoms with E-state index >= 15 is 0 Å². The maximum absolute atomic E-state index is 14.0. The average Bonchev–Trinajstić information content (AvgIpc) is 2.86. The van der Waals surface area contributed by atoms with Crippen LogP contribution in [0.3, 0.4) is 0 Å². The number of nitrogens with one attached hydrogen (secondary N) is 2. The van der Waals surface area contributed by atoms with Crippen molar-refractivity contribution < 1.29 is 14.0 Å². The molecule has 3 amide bonds. The molecular formula is C26H40FN5O2. The van der Waals surface area contributed by atoms with Crippen LogP contribution in [0.1, 0.15) is 51.4 Å². The zero-order chi connectivity index (χ0) is 23.8. The molecule has 34 heavy (non-hydrogen) atoms. The summed E-state index contributed by atoms with van der Waals surface area (Å²) < 4.78 is 14.0. The second-order valence-electron chi connectivity index (χ2n) is 10.0. The molecule has 7 nitrogen and oxygen atoms in total. The van der Waals surface area contributed by atoms with Crippen molar-refractivity contribution in [3.05, 3.63) is 30.1 Å². The summed E-state index contributed by atoms with van der Waals surface area (Å²) in [6, 6.07) is 7.34. The van der Waals surface area contributed by atoms with Crippen LogP contribution in [-0.4, -0.2) is 80.1 Å². The van der Waals surface area contributed by atoms with Gasteiger partial charge in [0.25, 0.3) is 0 Å². The molecule has 3 aliphatic rings. The second-order valence-corrected chi connectivity index (χ2v) is 10.0. The SMILES string of the molecule is O=C(CC1CCN(C(=O)NC2CCCCC2)CC1)NCCN1CCN(c2ccccc2F)CC1. The molecule has 0 bridgehead atoms. The number of para-hydroxylation sites is 1. The number of piperidine rings is 1. The zero-order valence-corrected chi connectivity index (χ0v) is 20.3. The number of nitrogens with zero attached hydrogens (tertiary/aromatic N) is 3. The first-order valence-corrected chi connectivity index (χ1v) is 13.1. The van der Waals surface area contributed by atoms with Gasteiger partial charge >= 0.3 is 6.03 Å². The lowest BCUT2D eigenvalue weighted by Gasteiger charge is -2.36. The van der Waals surface area contributed by atoms with Crippen molar-refractivity contribution in [3.63, 3.8) is 0 Å². The molecule has 2 heterocycles. The fourth-order valence-corrected chi connectivity index (χ4v) is 5.46. The van der Waals surface area contributed by atoms with Gasteiger partial charge in [0.1, 0.15) is 5.82 Å². The van der Waals surface area contributed by atoms with Crippen LogP contribution < -0.4 is 15.5 Å². The maximum atomic E-state index is 14.0. The monoisotopic (exact) mass is 473 g/mol. The lowest BCUT2D eigenvalue weighted by atomic mass is 9.93. The number of amides is 3. The molecule has 3 fully saturated rings. The van der Waals surface area contributed by atoms with Crippen LogP contribution in [0.15, 0.2) is 24.3 Å². The van der Waals surface area contributed by atoms with Crippen LogP contribution in [0, 0.1) is 11.7 Å². The number of halogens is 1. The summed E-state index contributed by atoms with van der Waals surface area (Å²) in [6.07, 6.45) is 8.24. The third-order valence-electron chi connectivity index (χ3n) is 7.62. The number of anilines is 1. The number of piperazine rings is 1. The van der Waals surface area contributed by atoms with Gasteiger partial charge < -0.3 is 20.4 Å². The first-order valence-electron chi connectivity index (χ1n) is 13.1. The molecule has 1 aromatic carbocycles.